The first kappa shape index (κ1) is 19.0. The van der Waals surface area contributed by atoms with Crippen molar-refractivity contribution in [2.45, 2.75) is 19.3 Å². The van der Waals surface area contributed by atoms with Gasteiger partial charge >= 0.3 is 5.97 Å². The van der Waals surface area contributed by atoms with Crippen LogP contribution in [0.4, 0.5) is 0 Å². The zero-order chi connectivity index (χ0) is 21.1. The van der Waals surface area contributed by atoms with Gasteiger partial charge in [0, 0.05) is 21.5 Å². The van der Waals surface area contributed by atoms with Crippen LogP contribution in [0.3, 0.4) is 0 Å². The number of rotatable bonds is 5. The number of hydrogen-bond donors (Lipinski definition) is 0. The largest absolute Gasteiger partial charge is 0.461 e. The average molecular weight is 465 g/mol. The Morgan fingerprint density at radius 1 is 1.03 bits per heavy atom. The lowest BCUT2D eigenvalue weighted by Crippen LogP contribution is -2.39. The van der Waals surface area contributed by atoms with Crippen molar-refractivity contribution in [1.29, 1.82) is 0 Å². The Bertz CT molecular complexity index is 1180. The van der Waals surface area contributed by atoms with Gasteiger partial charge in [-0.3, -0.25) is 14.4 Å². The first-order chi connectivity index (χ1) is 14.5. The second kappa shape index (κ2) is 6.51. The monoisotopic (exact) mass is 464 g/mol. The SMILES string of the molecule is CCC1(C(=O)c2ccccc2)C2c3cc(Br)ccc3OC(=O)C21C(=O)c1ccco1. The summed E-state index contributed by atoms with van der Waals surface area (Å²) in [5.74, 6) is -1.65. The Balaban J connectivity index is 1.78. The molecule has 1 aliphatic heterocycles. The summed E-state index contributed by atoms with van der Waals surface area (Å²) in [6.07, 6.45) is 1.69. The molecule has 2 heterocycles. The van der Waals surface area contributed by atoms with Crippen molar-refractivity contribution in [2.75, 3.05) is 0 Å². The second-order valence-corrected chi connectivity index (χ2v) is 8.55. The van der Waals surface area contributed by atoms with Crippen LogP contribution in [-0.4, -0.2) is 17.5 Å². The van der Waals surface area contributed by atoms with E-state index in [4.69, 9.17) is 9.15 Å². The van der Waals surface area contributed by atoms with Crippen molar-refractivity contribution in [3.8, 4) is 5.75 Å². The van der Waals surface area contributed by atoms with Crippen molar-refractivity contribution >= 4 is 33.5 Å². The predicted molar refractivity (Wildman–Crippen MR) is 111 cm³/mol. The predicted octanol–water partition coefficient (Wildman–Crippen LogP) is 5.21. The number of ketones is 2. The van der Waals surface area contributed by atoms with Gasteiger partial charge in [0.2, 0.25) is 5.78 Å². The topological polar surface area (TPSA) is 73.6 Å². The van der Waals surface area contributed by atoms with E-state index in [0.717, 1.165) is 4.47 Å². The van der Waals surface area contributed by atoms with Crippen molar-refractivity contribution < 1.29 is 23.5 Å². The Labute approximate surface area is 181 Å². The molecule has 150 valence electrons. The first-order valence-electron chi connectivity index (χ1n) is 9.68. The van der Waals surface area contributed by atoms with E-state index >= 15 is 0 Å². The lowest BCUT2D eigenvalue weighted by atomic mass is 9.80. The third kappa shape index (κ3) is 2.20. The molecule has 0 N–H and O–H groups in total. The van der Waals surface area contributed by atoms with Crippen LogP contribution in [-0.2, 0) is 4.79 Å². The zero-order valence-corrected chi connectivity index (χ0v) is 17.6. The van der Waals surface area contributed by atoms with Gasteiger partial charge in [0.25, 0.3) is 0 Å². The molecule has 3 atom stereocenters. The smallest absolute Gasteiger partial charge is 0.327 e. The van der Waals surface area contributed by atoms with Crippen LogP contribution in [0.1, 0.15) is 45.7 Å². The molecule has 2 aromatic carbocycles. The number of halogens is 1. The maximum atomic E-state index is 13.8. The van der Waals surface area contributed by atoms with Crippen molar-refractivity contribution in [3.05, 3.63) is 88.3 Å². The second-order valence-electron chi connectivity index (χ2n) is 7.64. The van der Waals surface area contributed by atoms with Gasteiger partial charge in [-0.05, 0) is 36.8 Å². The molecule has 0 radical (unpaired) electrons. The van der Waals surface area contributed by atoms with Gasteiger partial charge in [0.15, 0.2) is 17.0 Å². The molecule has 1 saturated carbocycles. The van der Waals surface area contributed by atoms with Gasteiger partial charge in [-0.25, -0.2) is 0 Å². The molecule has 0 amide bonds. The van der Waals surface area contributed by atoms with E-state index in [1.807, 2.05) is 19.1 Å². The quantitative estimate of drug-likeness (QED) is 0.224. The van der Waals surface area contributed by atoms with E-state index in [2.05, 4.69) is 15.9 Å². The first-order valence-corrected chi connectivity index (χ1v) is 10.5. The molecule has 30 heavy (non-hydrogen) atoms. The molecule has 0 spiro atoms. The molecule has 1 fully saturated rings. The molecule has 0 bridgehead atoms. The Hall–Kier alpha value is -2.99. The van der Waals surface area contributed by atoms with Crippen LogP contribution >= 0.6 is 15.9 Å². The van der Waals surface area contributed by atoms with Gasteiger partial charge in [-0.1, -0.05) is 53.2 Å². The fraction of sp³-hybridized carbons (Fsp3) is 0.208. The highest BCUT2D eigenvalue weighted by Gasteiger charge is 2.89. The van der Waals surface area contributed by atoms with Crippen LogP contribution in [0.2, 0.25) is 0 Å². The summed E-state index contributed by atoms with van der Waals surface area (Å²) < 4.78 is 11.8. The van der Waals surface area contributed by atoms with Gasteiger partial charge < -0.3 is 9.15 Å². The highest BCUT2D eigenvalue weighted by molar-refractivity contribution is 9.10. The highest BCUT2D eigenvalue weighted by atomic mass is 79.9. The molecule has 1 aliphatic carbocycles. The standard InChI is InChI=1S/C24H17BrO5/c1-2-23(20(26)14-7-4-3-5-8-14)19-16-13-15(25)10-11-17(16)30-22(28)24(19,23)21(27)18-9-6-12-29-18/h3-13,19H,2H2,1H3. The summed E-state index contributed by atoms with van der Waals surface area (Å²) in [5, 5.41) is 0. The number of benzene rings is 2. The summed E-state index contributed by atoms with van der Waals surface area (Å²) >= 11 is 3.46. The number of fused-ring (bicyclic) bond motifs is 3. The zero-order valence-electron chi connectivity index (χ0n) is 16.1. The Kier molecular flexibility index (Phi) is 4.12. The lowest BCUT2D eigenvalue weighted by Gasteiger charge is -2.22. The van der Waals surface area contributed by atoms with Crippen molar-refractivity contribution in [3.63, 3.8) is 0 Å². The molecule has 3 unspecified atom stereocenters. The molecule has 6 heteroatoms. The number of hydrogen-bond acceptors (Lipinski definition) is 5. The minimum atomic E-state index is -1.65. The number of furan rings is 1. The molecular weight excluding hydrogens is 448 g/mol. The van der Waals surface area contributed by atoms with E-state index in [-0.39, 0.29) is 11.5 Å². The van der Waals surface area contributed by atoms with Gasteiger partial charge in [-0.2, -0.15) is 0 Å². The number of carbonyl (C=O) groups excluding carboxylic acids is 3. The van der Waals surface area contributed by atoms with Gasteiger partial charge in [0.1, 0.15) is 5.75 Å². The van der Waals surface area contributed by atoms with Crippen molar-refractivity contribution in [1.82, 2.24) is 0 Å². The molecule has 5 rings (SSSR count). The highest BCUT2D eigenvalue weighted by Crippen LogP contribution is 2.80. The maximum absolute atomic E-state index is 13.8. The number of Topliss-reactive ketones (excluding diaryl/α,β-unsaturated/α-hetero) is 2. The average Bonchev–Trinajstić information content (AvgIpc) is 3.07. The molecule has 5 nitrogen and oxygen atoms in total. The van der Waals surface area contributed by atoms with E-state index in [1.54, 1.807) is 42.5 Å². The van der Waals surface area contributed by atoms with E-state index < -0.39 is 28.5 Å². The number of carbonyl (C=O) groups is 3. The van der Waals surface area contributed by atoms with Crippen LogP contribution in [0.25, 0.3) is 0 Å². The summed E-state index contributed by atoms with van der Waals surface area (Å²) in [4.78, 5) is 40.9. The maximum Gasteiger partial charge on any atom is 0.327 e. The van der Waals surface area contributed by atoms with Crippen LogP contribution in [0.5, 0.6) is 5.75 Å². The number of esters is 1. The van der Waals surface area contributed by atoms with Crippen LogP contribution in [0.15, 0.2) is 75.8 Å². The fourth-order valence-corrected chi connectivity index (χ4v) is 5.56. The Morgan fingerprint density at radius 2 is 1.80 bits per heavy atom. The normalized spacial score (nSPS) is 26.3. The van der Waals surface area contributed by atoms with Crippen molar-refractivity contribution in [2.24, 2.45) is 10.8 Å². The van der Waals surface area contributed by atoms with E-state index in [1.165, 1.54) is 12.3 Å². The summed E-state index contributed by atoms with van der Waals surface area (Å²) in [5.41, 5.74) is -1.76. The van der Waals surface area contributed by atoms with E-state index in [9.17, 15) is 14.4 Å². The van der Waals surface area contributed by atoms with Crippen LogP contribution in [0, 0.1) is 10.8 Å². The summed E-state index contributed by atoms with van der Waals surface area (Å²) in [6, 6.07) is 17.2. The third-order valence-corrected chi connectivity index (χ3v) is 6.95. The molecular formula is C24H17BrO5. The molecule has 1 aromatic heterocycles. The number of ether oxygens (including phenoxy) is 1. The Morgan fingerprint density at radius 3 is 2.47 bits per heavy atom. The summed E-state index contributed by atoms with van der Waals surface area (Å²) in [6.45, 7) is 1.83. The minimum absolute atomic E-state index is 0.0478. The molecule has 0 saturated heterocycles. The van der Waals surface area contributed by atoms with Gasteiger partial charge in [0.05, 0.1) is 11.7 Å². The summed E-state index contributed by atoms with van der Waals surface area (Å²) in [7, 11) is 0. The third-order valence-electron chi connectivity index (χ3n) is 6.46. The fourth-order valence-electron chi connectivity index (χ4n) is 5.18. The van der Waals surface area contributed by atoms with Gasteiger partial charge in [-0.15, -0.1) is 0 Å². The minimum Gasteiger partial charge on any atom is -0.461 e. The molecule has 2 aliphatic rings. The van der Waals surface area contributed by atoms with E-state index in [0.29, 0.717) is 23.3 Å². The molecule has 3 aromatic rings. The van der Waals surface area contributed by atoms with Crippen LogP contribution < -0.4 is 4.74 Å². The lowest BCUT2D eigenvalue weighted by molar-refractivity contribution is -0.140.